The molecule has 0 spiro atoms. The number of ether oxygens (including phenoxy) is 1. The summed E-state index contributed by atoms with van der Waals surface area (Å²) < 4.78 is 5.40. The fourth-order valence-electron chi connectivity index (χ4n) is 2.05. The molecule has 0 aromatic heterocycles. The van der Waals surface area contributed by atoms with E-state index in [-0.39, 0.29) is 0 Å². The zero-order chi connectivity index (χ0) is 12.5. The van der Waals surface area contributed by atoms with Crippen molar-refractivity contribution in [3.63, 3.8) is 0 Å². The lowest BCUT2D eigenvalue weighted by molar-refractivity contribution is 0.142. The lowest BCUT2D eigenvalue weighted by Gasteiger charge is -2.17. The van der Waals surface area contributed by atoms with Crippen LogP contribution in [0.1, 0.15) is 36.8 Å². The van der Waals surface area contributed by atoms with Crippen molar-refractivity contribution >= 4 is 0 Å². The quantitative estimate of drug-likeness (QED) is 0.699. The van der Waals surface area contributed by atoms with Gasteiger partial charge in [-0.1, -0.05) is 29.8 Å². The van der Waals surface area contributed by atoms with E-state index in [1.165, 1.54) is 17.5 Å². The molecule has 0 saturated heterocycles. The third-order valence-electron chi connectivity index (χ3n) is 3.04. The summed E-state index contributed by atoms with van der Waals surface area (Å²) in [6, 6.07) is 8.89. The predicted molar refractivity (Wildman–Crippen MR) is 73.6 cm³/mol. The number of rotatable bonds is 8. The highest BCUT2D eigenvalue weighted by Gasteiger charge is 2.09. The molecule has 1 rings (SSSR count). The number of hydrogen-bond donors (Lipinski definition) is 1. The Hall–Kier alpha value is -0.860. The highest BCUT2D eigenvalue weighted by Crippen LogP contribution is 2.21. The van der Waals surface area contributed by atoms with Crippen molar-refractivity contribution in [2.75, 3.05) is 26.8 Å². The minimum absolute atomic E-state index is 0.598. The molecule has 0 aliphatic carbocycles. The molecule has 2 nitrogen and oxygen atoms in total. The summed E-state index contributed by atoms with van der Waals surface area (Å²) in [5, 5.41) is 3.28. The van der Waals surface area contributed by atoms with Crippen LogP contribution in [0.2, 0.25) is 0 Å². The van der Waals surface area contributed by atoms with Crippen molar-refractivity contribution in [3.05, 3.63) is 35.4 Å². The lowest BCUT2D eigenvalue weighted by atomic mass is 9.93. The van der Waals surface area contributed by atoms with Crippen LogP contribution in [-0.4, -0.2) is 26.8 Å². The fourth-order valence-corrected chi connectivity index (χ4v) is 2.05. The van der Waals surface area contributed by atoms with E-state index in [9.17, 15) is 0 Å². The van der Waals surface area contributed by atoms with Crippen LogP contribution in [0.25, 0.3) is 0 Å². The average Bonchev–Trinajstić information content (AvgIpc) is 2.34. The van der Waals surface area contributed by atoms with E-state index >= 15 is 0 Å². The maximum absolute atomic E-state index is 5.40. The van der Waals surface area contributed by atoms with Gasteiger partial charge in [0.1, 0.15) is 0 Å². The largest absolute Gasteiger partial charge is 0.382 e. The number of likely N-dealkylation sites (N-methyl/N-ethyl adjacent to an activating group) is 1. The fraction of sp³-hybridized carbons (Fsp3) is 0.600. The first-order valence-corrected chi connectivity index (χ1v) is 6.56. The first-order chi connectivity index (χ1) is 8.27. The Morgan fingerprint density at radius 3 is 2.53 bits per heavy atom. The number of aryl methyl sites for hydroxylation is 1. The van der Waals surface area contributed by atoms with Gasteiger partial charge in [0.05, 0.1) is 0 Å². The van der Waals surface area contributed by atoms with Gasteiger partial charge in [0.2, 0.25) is 0 Å². The number of nitrogens with one attached hydrogen (secondary N) is 1. The number of benzene rings is 1. The third-order valence-corrected chi connectivity index (χ3v) is 3.04. The Balaban J connectivity index is 2.49. The van der Waals surface area contributed by atoms with Gasteiger partial charge >= 0.3 is 0 Å². The van der Waals surface area contributed by atoms with Gasteiger partial charge < -0.3 is 10.1 Å². The van der Waals surface area contributed by atoms with Gasteiger partial charge in [-0.15, -0.1) is 0 Å². The van der Waals surface area contributed by atoms with Crippen LogP contribution < -0.4 is 5.32 Å². The molecule has 1 atom stereocenters. The van der Waals surface area contributed by atoms with Gasteiger partial charge in [-0.05, 0) is 45.2 Å². The van der Waals surface area contributed by atoms with Gasteiger partial charge in [-0.2, -0.15) is 0 Å². The molecule has 17 heavy (non-hydrogen) atoms. The normalized spacial score (nSPS) is 12.6. The van der Waals surface area contributed by atoms with E-state index in [0.29, 0.717) is 5.92 Å². The Bertz CT molecular complexity index is 294. The van der Waals surface area contributed by atoms with Gasteiger partial charge in [0.15, 0.2) is 0 Å². The van der Waals surface area contributed by atoms with Gasteiger partial charge in [-0.3, -0.25) is 0 Å². The second kappa shape index (κ2) is 8.26. The predicted octanol–water partition coefficient (Wildman–Crippen LogP) is 3.11. The molecule has 0 aliphatic rings. The van der Waals surface area contributed by atoms with Crippen LogP contribution >= 0.6 is 0 Å². The van der Waals surface area contributed by atoms with E-state index < -0.39 is 0 Å². The molecule has 0 aliphatic heterocycles. The first kappa shape index (κ1) is 14.2. The molecule has 0 amide bonds. The van der Waals surface area contributed by atoms with Crippen LogP contribution in [0.4, 0.5) is 0 Å². The van der Waals surface area contributed by atoms with Crippen LogP contribution in [0.5, 0.6) is 0 Å². The van der Waals surface area contributed by atoms with Crippen molar-refractivity contribution in [2.45, 2.75) is 32.6 Å². The van der Waals surface area contributed by atoms with Gasteiger partial charge in [0.25, 0.3) is 0 Å². The maximum atomic E-state index is 5.40. The molecule has 1 aromatic carbocycles. The summed E-state index contributed by atoms with van der Waals surface area (Å²) in [5.41, 5.74) is 2.76. The summed E-state index contributed by atoms with van der Waals surface area (Å²) in [6.07, 6.45) is 2.32. The summed E-state index contributed by atoms with van der Waals surface area (Å²) in [4.78, 5) is 0. The summed E-state index contributed by atoms with van der Waals surface area (Å²) >= 11 is 0. The monoisotopic (exact) mass is 235 g/mol. The SMILES string of the molecule is CCOCCCC(CNC)c1ccc(C)cc1. The lowest BCUT2D eigenvalue weighted by Crippen LogP contribution is -2.17. The van der Waals surface area contributed by atoms with E-state index in [2.05, 4.69) is 36.5 Å². The molecular weight excluding hydrogens is 210 g/mol. The van der Waals surface area contributed by atoms with Crippen molar-refractivity contribution in [1.82, 2.24) is 5.32 Å². The molecule has 2 heteroatoms. The average molecular weight is 235 g/mol. The Morgan fingerprint density at radius 1 is 1.24 bits per heavy atom. The molecule has 1 unspecified atom stereocenters. The topological polar surface area (TPSA) is 21.3 Å². The molecule has 0 saturated carbocycles. The van der Waals surface area contributed by atoms with Gasteiger partial charge in [-0.25, -0.2) is 0 Å². The number of hydrogen-bond acceptors (Lipinski definition) is 2. The van der Waals surface area contributed by atoms with Crippen molar-refractivity contribution < 1.29 is 4.74 Å². The third kappa shape index (κ3) is 5.33. The standard InChI is InChI=1S/C15H25NO/c1-4-17-11-5-6-15(12-16-3)14-9-7-13(2)8-10-14/h7-10,15-16H,4-6,11-12H2,1-3H3. The van der Waals surface area contributed by atoms with Crippen molar-refractivity contribution in [2.24, 2.45) is 0 Å². The van der Waals surface area contributed by atoms with Crippen molar-refractivity contribution in [1.29, 1.82) is 0 Å². The Kier molecular flexibility index (Phi) is 6.90. The second-order valence-corrected chi connectivity index (χ2v) is 4.50. The van der Waals surface area contributed by atoms with Crippen LogP contribution in [0.3, 0.4) is 0 Å². The summed E-state index contributed by atoms with van der Waals surface area (Å²) in [5.74, 6) is 0.598. The van der Waals surface area contributed by atoms with E-state index in [4.69, 9.17) is 4.74 Å². The molecule has 96 valence electrons. The van der Waals surface area contributed by atoms with Crippen molar-refractivity contribution in [3.8, 4) is 0 Å². The maximum Gasteiger partial charge on any atom is 0.0466 e. The first-order valence-electron chi connectivity index (χ1n) is 6.56. The zero-order valence-corrected chi connectivity index (χ0v) is 11.3. The summed E-state index contributed by atoms with van der Waals surface area (Å²) in [7, 11) is 2.02. The smallest absolute Gasteiger partial charge is 0.0466 e. The van der Waals surface area contributed by atoms with E-state index in [1.54, 1.807) is 0 Å². The molecular formula is C15H25NO. The minimum Gasteiger partial charge on any atom is -0.382 e. The molecule has 0 radical (unpaired) electrons. The van der Waals surface area contributed by atoms with Crippen LogP contribution in [0.15, 0.2) is 24.3 Å². The highest BCUT2D eigenvalue weighted by atomic mass is 16.5. The highest BCUT2D eigenvalue weighted by molar-refractivity contribution is 5.24. The molecule has 1 aromatic rings. The second-order valence-electron chi connectivity index (χ2n) is 4.50. The van der Waals surface area contributed by atoms with Crippen LogP contribution in [-0.2, 0) is 4.74 Å². The molecule has 0 bridgehead atoms. The molecule has 1 N–H and O–H groups in total. The van der Waals surface area contributed by atoms with E-state index in [1.807, 2.05) is 14.0 Å². The summed E-state index contributed by atoms with van der Waals surface area (Å²) in [6.45, 7) is 6.91. The van der Waals surface area contributed by atoms with Gasteiger partial charge in [0, 0.05) is 19.8 Å². The Labute approximate surface area is 105 Å². The molecule has 0 fully saturated rings. The Morgan fingerprint density at radius 2 is 1.94 bits per heavy atom. The van der Waals surface area contributed by atoms with Crippen LogP contribution in [0, 0.1) is 6.92 Å². The molecule has 0 heterocycles. The van der Waals surface area contributed by atoms with E-state index in [0.717, 1.165) is 26.2 Å². The zero-order valence-electron chi connectivity index (χ0n) is 11.3. The minimum atomic E-state index is 0.598.